The van der Waals surface area contributed by atoms with Crippen molar-refractivity contribution in [3.05, 3.63) is 200 Å². The van der Waals surface area contributed by atoms with Crippen LogP contribution in [0.2, 0.25) is 0 Å². The smallest absolute Gasteiger partial charge is 0.135 e. The van der Waals surface area contributed by atoms with Gasteiger partial charge in [0.25, 0.3) is 0 Å². The molecule has 0 N–H and O–H groups in total. The summed E-state index contributed by atoms with van der Waals surface area (Å²) >= 11 is 1.87. The van der Waals surface area contributed by atoms with Gasteiger partial charge < -0.3 is 9.32 Å². The van der Waals surface area contributed by atoms with Gasteiger partial charge in [-0.1, -0.05) is 159 Å². The second-order valence-corrected chi connectivity index (χ2v) is 17.7. The first kappa shape index (κ1) is 36.0. The zero-order chi connectivity index (χ0) is 40.3. The average Bonchev–Trinajstić information content (AvgIpc) is 3.91. The number of furan rings is 1. The van der Waals surface area contributed by atoms with Gasteiger partial charge in [-0.15, -0.1) is 11.3 Å². The Labute approximate surface area is 360 Å². The SMILES string of the molecule is c1ccc(N(c2ccc(-c3ccc4oc5ccccc5c4c3)cc2)c2ccccc2-c2cccc3sc4ccccc4c23)c(-c2cccc3cccc(C4CCCCC4)c23)c1. The predicted molar refractivity (Wildman–Crippen MR) is 261 cm³/mol. The van der Waals surface area contributed by atoms with Crippen LogP contribution in [0.3, 0.4) is 0 Å². The van der Waals surface area contributed by atoms with Crippen molar-refractivity contribution in [2.45, 2.75) is 38.0 Å². The van der Waals surface area contributed by atoms with E-state index in [1.807, 2.05) is 23.5 Å². The second-order valence-electron chi connectivity index (χ2n) is 16.6. The molecule has 2 aromatic heterocycles. The van der Waals surface area contributed by atoms with Crippen LogP contribution in [-0.4, -0.2) is 0 Å². The van der Waals surface area contributed by atoms with Crippen LogP contribution in [-0.2, 0) is 0 Å². The third-order valence-corrected chi connectivity index (χ3v) is 14.2. The molecule has 0 amide bonds. The number of nitrogens with zero attached hydrogens (tertiary/aromatic N) is 1. The van der Waals surface area contributed by atoms with E-state index in [0.29, 0.717) is 5.92 Å². The van der Waals surface area contributed by atoms with Gasteiger partial charge in [0.15, 0.2) is 0 Å². The normalized spacial score (nSPS) is 13.5. The van der Waals surface area contributed by atoms with Crippen molar-refractivity contribution < 1.29 is 4.42 Å². The maximum absolute atomic E-state index is 6.19. The van der Waals surface area contributed by atoms with E-state index in [0.717, 1.165) is 44.6 Å². The highest BCUT2D eigenvalue weighted by molar-refractivity contribution is 7.25. The number of thiophene rings is 1. The minimum atomic E-state index is 0.579. The second kappa shape index (κ2) is 15.0. The molecule has 3 heteroatoms. The Balaban J connectivity index is 1.07. The first-order valence-corrected chi connectivity index (χ1v) is 22.5. The van der Waals surface area contributed by atoms with E-state index >= 15 is 0 Å². The number of benzene rings is 9. The fourth-order valence-corrected chi connectivity index (χ4v) is 11.4. The van der Waals surface area contributed by atoms with Gasteiger partial charge in [-0.25, -0.2) is 0 Å². The van der Waals surface area contributed by atoms with Gasteiger partial charge in [0.05, 0.1) is 11.4 Å². The third-order valence-electron chi connectivity index (χ3n) is 13.1. The molecule has 1 aliphatic rings. The maximum atomic E-state index is 6.19. The summed E-state index contributed by atoms with van der Waals surface area (Å²) in [6.07, 6.45) is 6.47. The lowest BCUT2D eigenvalue weighted by Crippen LogP contribution is -2.12. The molecule has 0 atom stereocenters. The third kappa shape index (κ3) is 6.14. The molecule has 12 rings (SSSR count). The summed E-state index contributed by atoms with van der Waals surface area (Å²) < 4.78 is 8.81. The summed E-state index contributed by atoms with van der Waals surface area (Å²) in [6.45, 7) is 0. The molecule has 0 unspecified atom stereocenters. The summed E-state index contributed by atoms with van der Waals surface area (Å²) in [5.41, 5.74) is 14.0. The van der Waals surface area contributed by atoms with Crippen LogP contribution >= 0.6 is 11.3 Å². The molecule has 11 aromatic rings. The zero-order valence-corrected chi connectivity index (χ0v) is 34.7. The summed E-state index contributed by atoms with van der Waals surface area (Å²) in [5.74, 6) is 0.579. The van der Waals surface area contributed by atoms with Crippen LogP contribution in [0.25, 0.3) is 86.3 Å². The lowest BCUT2D eigenvalue weighted by Gasteiger charge is -2.31. The van der Waals surface area contributed by atoms with Crippen molar-refractivity contribution in [1.82, 2.24) is 0 Å². The van der Waals surface area contributed by atoms with Crippen molar-refractivity contribution in [3.8, 4) is 33.4 Å². The molecule has 0 saturated heterocycles. The molecule has 1 saturated carbocycles. The van der Waals surface area contributed by atoms with Crippen molar-refractivity contribution in [3.63, 3.8) is 0 Å². The molecular weight excluding hydrogens is 759 g/mol. The lowest BCUT2D eigenvalue weighted by atomic mass is 9.80. The van der Waals surface area contributed by atoms with E-state index in [1.54, 1.807) is 0 Å². The highest BCUT2D eigenvalue weighted by Gasteiger charge is 2.25. The molecule has 1 aliphatic carbocycles. The Morgan fingerprint density at radius 3 is 1.80 bits per heavy atom. The molecule has 292 valence electrons. The van der Waals surface area contributed by atoms with E-state index in [1.165, 1.54) is 96.4 Å². The quantitative estimate of drug-likeness (QED) is 0.160. The number of hydrogen-bond donors (Lipinski definition) is 0. The summed E-state index contributed by atoms with van der Waals surface area (Å²) in [6, 6.07) is 71.6. The van der Waals surface area contributed by atoms with Gasteiger partial charge >= 0.3 is 0 Å². The van der Waals surface area contributed by atoms with E-state index in [9.17, 15) is 0 Å². The molecule has 61 heavy (non-hydrogen) atoms. The maximum Gasteiger partial charge on any atom is 0.135 e. The van der Waals surface area contributed by atoms with Crippen molar-refractivity contribution in [2.75, 3.05) is 4.90 Å². The Bertz CT molecular complexity index is 3410. The minimum absolute atomic E-state index is 0.579. The van der Waals surface area contributed by atoms with E-state index in [4.69, 9.17) is 4.42 Å². The lowest BCUT2D eigenvalue weighted by molar-refractivity contribution is 0.445. The zero-order valence-electron chi connectivity index (χ0n) is 33.9. The number of hydrogen-bond acceptors (Lipinski definition) is 3. The van der Waals surface area contributed by atoms with Crippen LogP contribution in [0.15, 0.2) is 199 Å². The monoisotopic (exact) mass is 801 g/mol. The van der Waals surface area contributed by atoms with Gasteiger partial charge in [0.2, 0.25) is 0 Å². The molecule has 2 heterocycles. The van der Waals surface area contributed by atoms with Crippen LogP contribution in [0.1, 0.15) is 43.6 Å². The number of anilines is 3. The van der Waals surface area contributed by atoms with Crippen molar-refractivity contribution in [1.29, 1.82) is 0 Å². The van der Waals surface area contributed by atoms with Crippen molar-refractivity contribution >= 4 is 81.3 Å². The predicted octanol–water partition coefficient (Wildman–Crippen LogP) is 17.6. The van der Waals surface area contributed by atoms with Gasteiger partial charge in [-0.3, -0.25) is 0 Å². The first-order chi connectivity index (χ1) is 30.3. The van der Waals surface area contributed by atoms with Crippen LogP contribution in [0, 0.1) is 0 Å². The molecular formula is C58H43NOS. The summed E-state index contributed by atoms with van der Waals surface area (Å²) in [5, 5.41) is 7.60. The Morgan fingerprint density at radius 2 is 1.02 bits per heavy atom. The largest absolute Gasteiger partial charge is 0.456 e. The number of fused-ring (bicyclic) bond motifs is 7. The van der Waals surface area contributed by atoms with Gasteiger partial charge in [-0.2, -0.15) is 0 Å². The van der Waals surface area contributed by atoms with Gasteiger partial charge in [0.1, 0.15) is 11.2 Å². The van der Waals surface area contributed by atoms with E-state index in [2.05, 4.69) is 187 Å². The number of rotatable bonds is 7. The highest BCUT2D eigenvalue weighted by atomic mass is 32.1. The fourth-order valence-electron chi connectivity index (χ4n) is 10.3. The average molecular weight is 802 g/mol. The Hall–Kier alpha value is -6.94. The standard InChI is InChI=1S/C58H43NOS/c1-2-15-39(16-3-1)43-23-12-17-40-18-13-24-47(57(40)43)44-19-4-8-26-51(44)59(42-34-31-38(32-35-42)41-33-36-54-50(37-41)46-21-6-10-28-53(46)60-54)52-27-9-5-20-45(52)48-25-14-30-56-58(48)49-22-7-11-29-55(49)61-56/h4-14,17-37,39H,1-3,15-16H2. The Kier molecular flexibility index (Phi) is 8.82. The van der Waals surface area contributed by atoms with Gasteiger partial charge in [-0.05, 0) is 112 Å². The van der Waals surface area contributed by atoms with E-state index < -0.39 is 0 Å². The molecule has 2 nitrogen and oxygen atoms in total. The molecule has 9 aromatic carbocycles. The molecule has 0 aliphatic heterocycles. The molecule has 0 radical (unpaired) electrons. The summed E-state index contributed by atoms with van der Waals surface area (Å²) in [4.78, 5) is 2.51. The van der Waals surface area contributed by atoms with E-state index in [-0.39, 0.29) is 0 Å². The minimum Gasteiger partial charge on any atom is -0.456 e. The summed E-state index contributed by atoms with van der Waals surface area (Å²) in [7, 11) is 0. The van der Waals surface area contributed by atoms with Crippen molar-refractivity contribution in [2.24, 2.45) is 0 Å². The highest BCUT2D eigenvalue weighted by Crippen LogP contribution is 2.50. The Morgan fingerprint density at radius 1 is 0.426 bits per heavy atom. The van der Waals surface area contributed by atoms with Gasteiger partial charge in [0, 0.05) is 47.8 Å². The molecule has 0 spiro atoms. The molecule has 0 bridgehead atoms. The first-order valence-electron chi connectivity index (χ1n) is 21.7. The molecule has 1 fully saturated rings. The van der Waals surface area contributed by atoms with Crippen LogP contribution < -0.4 is 4.90 Å². The fraction of sp³-hybridized carbons (Fsp3) is 0.103. The van der Waals surface area contributed by atoms with Crippen LogP contribution in [0.4, 0.5) is 17.1 Å². The van der Waals surface area contributed by atoms with Crippen LogP contribution in [0.5, 0.6) is 0 Å². The topological polar surface area (TPSA) is 16.4 Å². The number of para-hydroxylation sites is 3.